The molecule has 402 valence electrons. The van der Waals surface area contributed by atoms with Gasteiger partial charge in [0.1, 0.15) is 12.1 Å². The Kier molecular flexibility index (Phi) is 19.8. The number of carbonyl (C=O) groups is 6. The highest BCUT2D eigenvalue weighted by Crippen LogP contribution is 2.20. The van der Waals surface area contributed by atoms with E-state index in [2.05, 4.69) is 84.4 Å². The minimum absolute atomic E-state index is 0.115. The van der Waals surface area contributed by atoms with Gasteiger partial charge in [-0.2, -0.15) is 10.2 Å². The average Bonchev–Trinajstić information content (AvgIpc) is 4.28. The molecule has 4 amide bonds. The Morgan fingerprint density at radius 1 is 0.597 bits per heavy atom. The van der Waals surface area contributed by atoms with E-state index < -0.39 is 41.7 Å². The summed E-state index contributed by atoms with van der Waals surface area (Å²) in [5, 5.41) is 46.3. The number of ether oxygens (including phenoxy) is 1. The quantitative estimate of drug-likeness (QED) is 0.0239. The Morgan fingerprint density at radius 3 is 1.45 bits per heavy atom. The van der Waals surface area contributed by atoms with Crippen molar-refractivity contribution in [3.8, 4) is 0 Å². The second kappa shape index (κ2) is 27.2. The minimum atomic E-state index is -1.31. The Balaban J connectivity index is 0.000000224. The van der Waals surface area contributed by atoms with Gasteiger partial charge in [-0.25, -0.2) is 29.5 Å². The van der Waals surface area contributed by atoms with Crippen LogP contribution in [0.4, 0.5) is 11.9 Å². The number of esters is 1. The number of rotatable bonds is 24. The highest BCUT2D eigenvalue weighted by Gasteiger charge is 2.28. The van der Waals surface area contributed by atoms with Crippen LogP contribution < -0.4 is 31.9 Å². The third-order valence-electron chi connectivity index (χ3n) is 12.0. The smallest absolute Gasteiger partial charge is 0.330 e. The summed E-state index contributed by atoms with van der Waals surface area (Å²) in [6, 6.07) is 16.6. The number of aliphatic carboxylic acids is 1. The molecular weight excluding hydrogens is 1020 g/mol. The summed E-state index contributed by atoms with van der Waals surface area (Å²) in [6.45, 7) is 9.76. The molecule has 8 aromatic rings. The van der Waals surface area contributed by atoms with E-state index in [0.717, 1.165) is 47.5 Å². The summed E-state index contributed by atoms with van der Waals surface area (Å²) in [7, 11) is 0. The molecule has 24 heteroatoms. The maximum atomic E-state index is 13.2. The number of benzene rings is 2. The Labute approximate surface area is 451 Å². The van der Waals surface area contributed by atoms with Gasteiger partial charge in [0.15, 0.2) is 0 Å². The number of carboxylic acid groups (broad SMARTS) is 1. The van der Waals surface area contributed by atoms with Crippen LogP contribution in [-0.2, 0) is 27.2 Å². The molecule has 6 heterocycles. The van der Waals surface area contributed by atoms with Crippen molar-refractivity contribution in [2.45, 2.75) is 78.8 Å². The number of hydrogen-bond acceptors (Lipinski definition) is 17. The van der Waals surface area contributed by atoms with Crippen LogP contribution in [0.25, 0.3) is 21.8 Å². The number of H-pyrrole nitrogens is 2. The largest absolute Gasteiger partial charge is 0.480 e. The minimum Gasteiger partial charge on any atom is -0.480 e. The second-order valence-corrected chi connectivity index (χ2v) is 19.6. The number of aryl methyl sites for hydroxylation is 6. The first kappa shape index (κ1) is 56.1. The first-order chi connectivity index (χ1) is 37.2. The number of carbonyl (C=O) groups excluding carboxylic acids is 5. The van der Waals surface area contributed by atoms with Gasteiger partial charge >= 0.3 is 11.9 Å². The number of anilines is 2. The van der Waals surface area contributed by atoms with Crippen molar-refractivity contribution in [2.75, 3.05) is 43.4 Å². The summed E-state index contributed by atoms with van der Waals surface area (Å²) >= 11 is 2.53. The van der Waals surface area contributed by atoms with Crippen LogP contribution in [0.5, 0.6) is 0 Å². The third kappa shape index (κ3) is 15.3. The molecule has 0 aliphatic rings. The first-order valence-corrected chi connectivity index (χ1v) is 26.6. The zero-order chi connectivity index (χ0) is 54.8. The van der Waals surface area contributed by atoms with Crippen LogP contribution in [0, 0.1) is 27.7 Å². The molecule has 0 spiro atoms. The highest BCUT2D eigenvalue weighted by atomic mass is 32.1. The number of thiophene rings is 2. The van der Waals surface area contributed by atoms with Crippen molar-refractivity contribution in [3.63, 3.8) is 0 Å². The fourth-order valence-corrected chi connectivity index (χ4v) is 9.52. The molecule has 6 aromatic heterocycles. The number of hydrogen-bond donors (Lipinski definition) is 9. The molecule has 0 fully saturated rings. The van der Waals surface area contributed by atoms with Crippen molar-refractivity contribution >= 4 is 91.9 Å². The number of amides is 4. The van der Waals surface area contributed by atoms with Crippen molar-refractivity contribution in [2.24, 2.45) is 0 Å². The van der Waals surface area contributed by atoms with E-state index in [1.54, 1.807) is 62.7 Å². The van der Waals surface area contributed by atoms with Crippen LogP contribution in [0.15, 0.2) is 83.8 Å². The summed E-state index contributed by atoms with van der Waals surface area (Å²) in [5.74, 6) is -2.93. The Hall–Kier alpha value is -8.64. The van der Waals surface area contributed by atoms with E-state index in [4.69, 9.17) is 4.74 Å². The molecule has 0 aliphatic heterocycles. The Morgan fingerprint density at radius 2 is 1.04 bits per heavy atom. The number of nitrogens with zero attached hydrogens (tertiary/aromatic N) is 6. The molecular formula is C53H60N14O8S2. The maximum absolute atomic E-state index is 13.2. The van der Waals surface area contributed by atoms with Gasteiger partial charge in [0, 0.05) is 37.0 Å². The molecule has 0 unspecified atom stereocenters. The number of carboxylic acids is 1. The standard InChI is InChI=1S/C28H33N7O4S.C25H27N7O4S/c1-4-13-39-27(38)22(16-30-25(36)23-11-7-14-40-23)34-26(37)24-17(2)32-28(33-18(24)3)29-12-6-9-19-8-5-10-21-20(19)15-31-35-21;1-14-21(23(34)31-19(24(35)36)13-27-22(33)20-9-5-11-37-20)15(2)30-25(29-14)26-10-4-7-16-6-3-8-18-17(16)12-28-32-18/h5,7-8,10-11,14-15,22H,4,6,9,12-13,16H2,1-3H3,(H,30,36)(H,31,35)(H,34,37)(H,29,32,33);3,5-6,8-9,11-12,19H,4,7,10,13H2,1-2H3,(H,27,33)(H,28,32)(H,31,34)(H,35,36)(H,26,29,30)/t22-;19-/m00/s1. The molecule has 0 radical (unpaired) electrons. The fourth-order valence-electron chi connectivity index (χ4n) is 8.24. The molecule has 22 nitrogen and oxygen atoms in total. The van der Waals surface area contributed by atoms with Gasteiger partial charge in [0.2, 0.25) is 11.9 Å². The number of aromatic nitrogens is 8. The molecule has 0 saturated carbocycles. The van der Waals surface area contributed by atoms with Gasteiger partial charge in [-0.05, 0) is 106 Å². The molecule has 77 heavy (non-hydrogen) atoms. The van der Waals surface area contributed by atoms with Crippen molar-refractivity contribution in [3.05, 3.63) is 139 Å². The zero-order valence-corrected chi connectivity index (χ0v) is 44.7. The molecule has 0 bridgehead atoms. The Bertz CT molecular complexity index is 3280. The predicted molar refractivity (Wildman–Crippen MR) is 294 cm³/mol. The maximum Gasteiger partial charge on any atom is 0.330 e. The summed E-state index contributed by atoms with van der Waals surface area (Å²) in [5.41, 5.74) is 6.69. The van der Waals surface area contributed by atoms with Crippen LogP contribution in [-0.4, -0.2) is 126 Å². The summed E-state index contributed by atoms with van der Waals surface area (Å²) in [6.07, 6.45) is 7.70. The predicted octanol–water partition coefficient (Wildman–Crippen LogP) is 6.25. The van der Waals surface area contributed by atoms with E-state index in [-0.39, 0.29) is 36.7 Å². The van der Waals surface area contributed by atoms with E-state index in [9.17, 15) is 33.9 Å². The van der Waals surface area contributed by atoms with Crippen LogP contribution in [0.1, 0.15) is 100 Å². The first-order valence-electron chi connectivity index (χ1n) is 24.8. The molecule has 8 rings (SSSR count). The van der Waals surface area contributed by atoms with Crippen molar-refractivity contribution in [1.29, 1.82) is 0 Å². The van der Waals surface area contributed by atoms with E-state index in [1.165, 1.54) is 33.8 Å². The SMILES string of the molecule is CCCOC(=O)[C@H](CNC(=O)c1cccs1)NC(=O)c1c(C)nc(NCCCc2cccc3[nH]ncc23)nc1C.Cc1nc(NCCCc2cccc3[nH]ncc23)nc(C)c1C(=O)N[C@@H](CNC(=O)c1cccs1)C(=O)O. The topological polar surface area (TPSA) is 313 Å². The molecule has 2 atom stereocenters. The third-order valence-corrected chi connectivity index (χ3v) is 13.8. The lowest BCUT2D eigenvalue weighted by Gasteiger charge is -2.19. The van der Waals surface area contributed by atoms with Gasteiger partial charge in [-0.1, -0.05) is 43.3 Å². The van der Waals surface area contributed by atoms with Gasteiger partial charge in [-0.3, -0.25) is 29.4 Å². The van der Waals surface area contributed by atoms with Crippen LogP contribution in [0.3, 0.4) is 0 Å². The van der Waals surface area contributed by atoms with Crippen molar-refractivity contribution < 1.29 is 38.6 Å². The van der Waals surface area contributed by atoms with Crippen molar-refractivity contribution in [1.82, 2.24) is 61.6 Å². The van der Waals surface area contributed by atoms with E-state index in [0.29, 0.717) is 63.9 Å². The summed E-state index contributed by atoms with van der Waals surface area (Å²) in [4.78, 5) is 93.7. The van der Waals surface area contributed by atoms with E-state index in [1.807, 2.05) is 43.6 Å². The molecule has 0 aliphatic carbocycles. The highest BCUT2D eigenvalue weighted by molar-refractivity contribution is 7.12. The number of aromatic amines is 2. The molecule has 9 N–H and O–H groups in total. The lowest BCUT2D eigenvalue weighted by atomic mass is 10.1. The van der Waals surface area contributed by atoms with Gasteiger partial charge < -0.3 is 41.7 Å². The fraction of sp³-hybridized carbons (Fsp3) is 0.321. The summed E-state index contributed by atoms with van der Waals surface area (Å²) < 4.78 is 5.25. The van der Waals surface area contributed by atoms with E-state index >= 15 is 0 Å². The number of fused-ring (bicyclic) bond motifs is 2. The van der Waals surface area contributed by atoms with Gasteiger partial charge in [-0.15, -0.1) is 22.7 Å². The van der Waals surface area contributed by atoms with Crippen LogP contribution >= 0.6 is 22.7 Å². The monoisotopic (exact) mass is 1080 g/mol. The normalized spacial score (nSPS) is 11.7. The molecule has 2 aromatic carbocycles. The molecule has 0 saturated heterocycles. The lowest BCUT2D eigenvalue weighted by molar-refractivity contribution is -0.145. The van der Waals surface area contributed by atoms with Gasteiger partial charge in [0.05, 0.1) is 73.7 Å². The lowest BCUT2D eigenvalue weighted by Crippen LogP contribution is -2.49. The van der Waals surface area contributed by atoms with Crippen LogP contribution in [0.2, 0.25) is 0 Å². The van der Waals surface area contributed by atoms with Gasteiger partial charge in [0.25, 0.3) is 23.6 Å². The zero-order valence-electron chi connectivity index (χ0n) is 43.1. The number of nitrogens with one attached hydrogen (secondary N) is 8. The second-order valence-electron chi connectivity index (χ2n) is 17.7. The average molecular weight is 1090 g/mol.